The highest BCUT2D eigenvalue weighted by Gasteiger charge is 1.95. The zero-order valence-electron chi connectivity index (χ0n) is 8.31. The first-order chi connectivity index (χ1) is 7.38. The summed E-state index contributed by atoms with van der Waals surface area (Å²) in [7, 11) is 0. The van der Waals surface area contributed by atoms with Gasteiger partial charge >= 0.3 is 0 Å². The number of nitrogens with one attached hydrogen (secondary N) is 1. The Morgan fingerprint density at radius 3 is 2.67 bits per heavy atom. The number of anilines is 1. The highest BCUT2D eigenvalue weighted by molar-refractivity contribution is 7.09. The smallest absolute Gasteiger partial charge is 0.112 e. The van der Waals surface area contributed by atoms with Crippen LogP contribution in [-0.4, -0.2) is 4.98 Å². The minimum atomic E-state index is 0.590. The average Bonchev–Trinajstić information content (AvgIpc) is 2.80. The molecule has 15 heavy (non-hydrogen) atoms. The Balaban J connectivity index is 1.93. The zero-order chi connectivity index (χ0) is 10.5. The Hall–Kier alpha value is -1.39. The van der Waals surface area contributed by atoms with Crippen molar-refractivity contribution in [3.63, 3.8) is 0 Å². The predicted octanol–water partition coefficient (Wildman–Crippen LogP) is 2.21. The van der Waals surface area contributed by atoms with E-state index >= 15 is 0 Å². The Bertz CT molecular complexity index is 394. The lowest BCUT2D eigenvalue weighted by molar-refractivity contribution is 1.07. The first-order valence-electron chi connectivity index (χ1n) is 4.80. The predicted molar refractivity (Wildman–Crippen MR) is 63.8 cm³/mol. The van der Waals surface area contributed by atoms with Crippen LogP contribution in [0.5, 0.6) is 0 Å². The largest absolute Gasteiger partial charge is 0.379 e. The molecule has 3 nitrogen and oxygen atoms in total. The first kappa shape index (κ1) is 10.1. The first-order valence-corrected chi connectivity index (χ1v) is 5.67. The Labute approximate surface area is 93.0 Å². The number of nitrogens with zero attached hydrogens (tertiary/aromatic N) is 1. The van der Waals surface area contributed by atoms with Crippen LogP contribution < -0.4 is 11.1 Å². The molecule has 0 unspecified atom stereocenters. The number of hydrogen-bond donors (Lipinski definition) is 2. The lowest BCUT2D eigenvalue weighted by Gasteiger charge is -2.04. The molecule has 0 atom stereocenters. The van der Waals surface area contributed by atoms with Gasteiger partial charge in [0.2, 0.25) is 0 Å². The fourth-order valence-corrected chi connectivity index (χ4v) is 1.83. The molecule has 2 rings (SSSR count). The summed E-state index contributed by atoms with van der Waals surface area (Å²) < 4.78 is 0. The minimum Gasteiger partial charge on any atom is -0.379 e. The summed E-state index contributed by atoms with van der Waals surface area (Å²) in [6.07, 6.45) is 1.82. The second kappa shape index (κ2) is 4.91. The summed E-state index contributed by atoms with van der Waals surface area (Å²) in [5.74, 6) is 0. The van der Waals surface area contributed by atoms with Crippen LogP contribution in [0.4, 0.5) is 5.69 Å². The molecule has 2 aromatic rings. The van der Waals surface area contributed by atoms with Crippen LogP contribution in [0.3, 0.4) is 0 Å². The van der Waals surface area contributed by atoms with Gasteiger partial charge in [-0.1, -0.05) is 12.1 Å². The molecule has 1 heterocycles. The van der Waals surface area contributed by atoms with Crippen molar-refractivity contribution in [2.75, 3.05) is 5.32 Å². The number of benzene rings is 1. The van der Waals surface area contributed by atoms with E-state index in [-0.39, 0.29) is 0 Å². The molecule has 0 aliphatic rings. The summed E-state index contributed by atoms with van der Waals surface area (Å²) in [5, 5.41) is 6.38. The average molecular weight is 219 g/mol. The Morgan fingerprint density at radius 1 is 1.27 bits per heavy atom. The maximum atomic E-state index is 5.52. The third-order valence-electron chi connectivity index (χ3n) is 2.12. The van der Waals surface area contributed by atoms with Gasteiger partial charge in [0, 0.05) is 23.8 Å². The van der Waals surface area contributed by atoms with Crippen LogP contribution in [0.15, 0.2) is 35.8 Å². The molecule has 0 fully saturated rings. The molecule has 0 aliphatic heterocycles. The van der Waals surface area contributed by atoms with Crippen molar-refractivity contribution in [3.05, 3.63) is 46.4 Å². The molecular formula is C11H13N3S. The van der Waals surface area contributed by atoms with Gasteiger partial charge in [-0.15, -0.1) is 11.3 Å². The Kier molecular flexibility index (Phi) is 3.32. The van der Waals surface area contributed by atoms with E-state index in [1.54, 1.807) is 11.3 Å². The quantitative estimate of drug-likeness (QED) is 0.829. The van der Waals surface area contributed by atoms with Gasteiger partial charge in [-0.2, -0.15) is 0 Å². The number of hydrogen-bond acceptors (Lipinski definition) is 4. The van der Waals surface area contributed by atoms with Crippen molar-refractivity contribution in [2.45, 2.75) is 13.1 Å². The molecule has 78 valence electrons. The van der Waals surface area contributed by atoms with Gasteiger partial charge in [0.05, 0.1) is 6.54 Å². The highest BCUT2D eigenvalue weighted by atomic mass is 32.1. The van der Waals surface area contributed by atoms with Crippen molar-refractivity contribution < 1.29 is 0 Å². The van der Waals surface area contributed by atoms with Crippen molar-refractivity contribution in [2.24, 2.45) is 5.73 Å². The number of nitrogens with two attached hydrogens (primary N) is 1. The molecule has 1 aromatic carbocycles. The standard InChI is InChI=1S/C11H13N3S/c12-7-9-1-3-10(4-2-9)14-8-11-13-5-6-15-11/h1-6,14H,7-8,12H2. The highest BCUT2D eigenvalue weighted by Crippen LogP contribution is 2.11. The SMILES string of the molecule is NCc1ccc(NCc2nccs2)cc1. The third kappa shape index (κ3) is 2.78. The van der Waals surface area contributed by atoms with E-state index in [0.29, 0.717) is 6.54 Å². The maximum absolute atomic E-state index is 5.52. The second-order valence-electron chi connectivity index (χ2n) is 3.18. The second-order valence-corrected chi connectivity index (χ2v) is 4.16. The van der Waals surface area contributed by atoms with Gasteiger partial charge in [-0.05, 0) is 17.7 Å². The molecule has 1 aromatic heterocycles. The fraction of sp³-hybridized carbons (Fsp3) is 0.182. The summed E-state index contributed by atoms with van der Waals surface area (Å²) in [6.45, 7) is 1.37. The topological polar surface area (TPSA) is 50.9 Å². The van der Waals surface area contributed by atoms with Gasteiger partial charge < -0.3 is 11.1 Å². The molecule has 0 saturated carbocycles. The number of aromatic nitrogens is 1. The molecule has 0 bridgehead atoms. The van der Waals surface area contributed by atoms with Crippen molar-refractivity contribution in [1.29, 1.82) is 0 Å². The number of rotatable bonds is 4. The molecule has 0 spiro atoms. The summed E-state index contributed by atoms with van der Waals surface area (Å²) in [4.78, 5) is 4.20. The normalized spacial score (nSPS) is 10.2. The van der Waals surface area contributed by atoms with Gasteiger partial charge in [0.1, 0.15) is 5.01 Å². The summed E-state index contributed by atoms with van der Waals surface area (Å²) >= 11 is 1.66. The van der Waals surface area contributed by atoms with E-state index in [9.17, 15) is 0 Å². The van der Waals surface area contributed by atoms with Crippen LogP contribution in [0, 0.1) is 0 Å². The van der Waals surface area contributed by atoms with Crippen LogP contribution in [0.2, 0.25) is 0 Å². The lowest BCUT2D eigenvalue weighted by atomic mass is 10.2. The van der Waals surface area contributed by atoms with E-state index in [2.05, 4.69) is 10.3 Å². The molecule has 0 aliphatic carbocycles. The van der Waals surface area contributed by atoms with Gasteiger partial charge in [0.15, 0.2) is 0 Å². The van der Waals surface area contributed by atoms with Gasteiger partial charge in [-0.25, -0.2) is 4.98 Å². The molecular weight excluding hydrogens is 206 g/mol. The lowest BCUT2D eigenvalue weighted by Crippen LogP contribution is -2.00. The minimum absolute atomic E-state index is 0.590. The van der Waals surface area contributed by atoms with Crippen LogP contribution in [0.1, 0.15) is 10.6 Å². The van der Waals surface area contributed by atoms with Crippen LogP contribution >= 0.6 is 11.3 Å². The van der Waals surface area contributed by atoms with E-state index in [1.807, 2.05) is 35.8 Å². The fourth-order valence-electron chi connectivity index (χ4n) is 1.28. The number of thiazole rings is 1. The zero-order valence-corrected chi connectivity index (χ0v) is 9.13. The van der Waals surface area contributed by atoms with Crippen molar-refractivity contribution in [3.8, 4) is 0 Å². The monoisotopic (exact) mass is 219 g/mol. The molecule has 4 heteroatoms. The van der Waals surface area contributed by atoms with E-state index in [4.69, 9.17) is 5.73 Å². The van der Waals surface area contributed by atoms with Gasteiger partial charge in [-0.3, -0.25) is 0 Å². The van der Waals surface area contributed by atoms with E-state index in [1.165, 1.54) is 0 Å². The molecule has 0 saturated heterocycles. The molecule has 0 radical (unpaired) electrons. The van der Waals surface area contributed by atoms with Crippen molar-refractivity contribution in [1.82, 2.24) is 4.98 Å². The molecule has 3 N–H and O–H groups in total. The van der Waals surface area contributed by atoms with E-state index < -0.39 is 0 Å². The summed E-state index contributed by atoms with van der Waals surface area (Å²) in [6, 6.07) is 8.14. The third-order valence-corrected chi connectivity index (χ3v) is 2.90. The van der Waals surface area contributed by atoms with Gasteiger partial charge in [0.25, 0.3) is 0 Å². The van der Waals surface area contributed by atoms with Crippen LogP contribution in [-0.2, 0) is 13.1 Å². The van der Waals surface area contributed by atoms with E-state index in [0.717, 1.165) is 22.8 Å². The maximum Gasteiger partial charge on any atom is 0.112 e. The molecule has 0 amide bonds. The Morgan fingerprint density at radius 2 is 2.07 bits per heavy atom. The van der Waals surface area contributed by atoms with Crippen LogP contribution in [0.25, 0.3) is 0 Å². The summed E-state index contributed by atoms with van der Waals surface area (Å²) in [5.41, 5.74) is 7.77. The van der Waals surface area contributed by atoms with Crippen molar-refractivity contribution >= 4 is 17.0 Å².